The minimum absolute atomic E-state index is 0.0541. The number of para-hydroxylation sites is 2. The van der Waals surface area contributed by atoms with E-state index in [0.29, 0.717) is 17.9 Å². The second-order valence-electron chi connectivity index (χ2n) is 6.83. The number of methoxy groups -OCH3 is 1. The number of hydrogen-bond acceptors (Lipinski definition) is 2. The van der Waals surface area contributed by atoms with Crippen LogP contribution in [0.5, 0.6) is 5.75 Å². The summed E-state index contributed by atoms with van der Waals surface area (Å²) in [6, 6.07) is 15.8. The Morgan fingerprint density at radius 1 is 1.16 bits per heavy atom. The van der Waals surface area contributed by atoms with Crippen molar-refractivity contribution in [3.05, 3.63) is 65.9 Å². The quantitative estimate of drug-likeness (QED) is 0.774. The molecule has 4 rings (SSSR count). The Morgan fingerprint density at radius 3 is 2.64 bits per heavy atom. The van der Waals surface area contributed by atoms with Crippen molar-refractivity contribution in [1.82, 2.24) is 9.88 Å². The maximum Gasteiger partial charge on any atom is 0.255 e. The van der Waals surface area contributed by atoms with Gasteiger partial charge in [0.15, 0.2) is 0 Å². The van der Waals surface area contributed by atoms with E-state index in [9.17, 15) is 4.79 Å². The van der Waals surface area contributed by atoms with Crippen molar-refractivity contribution >= 4 is 16.8 Å². The molecule has 3 aromatic rings. The number of benzene rings is 2. The molecule has 1 aliphatic carbocycles. The molecule has 0 radical (unpaired) electrons. The molecule has 0 bridgehead atoms. The summed E-state index contributed by atoms with van der Waals surface area (Å²) in [4.78, 5) is 12.6. The van der Waals surface area contributed by atoms with Gasteiger partial charge in [-0.1, -0.05) is 30.3 Å². The summed E-state index contributed by atoms with van der Waals surface area (Å²) >= 11 is 0. The highest BCUT2D eigenvalue weighted by Crippen LogP contribution is 2.50. The van der Waals surface area contributed by atoms with Crippen molar-refractivity contribution in [1.29, 1.82) is 0 Å². The van der Waals surface area contributed by atoms with E-state index in [1.165, 1.54) is 16.5 Å². The Bertz CT molecular complexity index is 938. The third-order valence-corrected chi connectivity index (χ3v) is 5.26. The number of nitrogens with zero attached hydrogens (tertiary/aromatic N) is 1. The van der Waals surface area contributed by atoms with Crippen molar-refractivity contribution in [3.8, 4) is 5.75 Å². The van der Waals surface area contributed by atoms with E-state index in [-0.39, 0.29) is 11.3 Å². The van der Waals surface area contributed by atoms with Crippen LogP contribution in [-0.4, -0.2) is 24.1 Å². The summed E-state index contributed by atoms with van der Waals surface area (Å²) in [7, 11) is 3.67. The lowest BCUT2D eigenvalue weighted by molar-refractivity contribution is 0.0946. The lowest BCUT2D eigenvalue weighted by Crippen LogP contribution is -2.32. The average Bonchev–Trinajstić information content (AvgIpc) is 3.37. The van der Waals surface area contributed by atoms with Gasteiger partial charge in [-0.2, -0.15) is 0 Å². The fraction of sp³-hybridized carbons (Fsp3) is 0.286. The largest absolute Gasteiger partial charge is 0.496 e. The van der Waals surface area contributed by atoms with Crippen molar-refractivity contribution in [2.24, 2.45) is 7.05 Å². The monoisotopic (exact) mass is 334 g/mol. The zero-order valence-electron chi connectivity index (χ0n) is 14.6. The topological polar surface area (TPSA) is 43.3 Å². The summed E-state index contributed by atoms with van der Waals surface area (Å²) in [5.41, 5.74) is 3.21. The maximum atomic E-state index is 12.6. The van der Waals surface area contributed by atoms with Gasteiger partial charge in [0.25, 0.3) is 5.91 Å². The Morgan fingerprint density at radius 2 is 1.88 bits per heavy atom. The van der Waals surface area contributed by atoms with Gasteiger partial charge in [0.05, 0.1) is 12.7 Å². The number of amides is 1. The molecule has 1 amide bonds. The van der Waals surface area contributed by atoms with Gasteiger partial charge < -0.3 is 14.6 Å². The fourth-order valence-electron chi connectivity index (χ4n) is 3.63. The van der Waals surface area contributed by atoms with E-state index in [0.717, 1.165) is 12.8 Å². The van der Waals surface area contributed by atoms with Gasteiger partial charge in [0.2, 0.25) is 0 Å². The summed E-state index contributed by atoms with van der Waals surface area (Å²) in [5, 5.41) is 4.41. The molecule has 1 saturated carbocycles. The predicted octanol–water partition coefficient (Wildman–Crippen LogP) is 3.65. The summed E-state index contributed by atoms with van der Waals surface area (Å²) in [6.07, 6.45) is 4.42. The number of nitrogens with one attached hydrogen (secondary N) is 1. The molecule has 2 aromatic carbocycles. The lowest BCUT2D eigenvalue weighted by Gasteiger charge is -2.16. The van der Waals surface area contributed by atoms with E-state index in [2.05, 4.69) is 47.4 Å². The minimum atomic E-state index is -0.0797. The molecule has 0 atom stereocenters. The minimum Gasteiger partial charge on any atom is -0.496 e. The Labute approximate surface area is 147 Å². The first-order chi connectivity index (χ1) is 12.1. The van der Waals surface area contributed by atoms with Gasteiger partial charge in [-0.05, 0) is 36.6 Å². The number of carbonyl (C=O) groups excluding carboxylic acids is 1. The molecule has 128 valence electrons. The molecule has 0 spiro atoms. The molecule has 0 saturated heterocycles. The molecule has 1 heterocycles. The van der Waals surface area contributed by atoms with Crippen LogP contribution in [0.1, 0.15) is 28.8 Å². The normalized spacial score (nSPS) is 15.1. The number of aryl methyl sites for hydroxylation is 1. The van der Waals surface area contributed by atoms with E-state index < -0.39 is 0 Å². The number of fused-ring (bicyclic) bond motifs is 1. The van der Waals surface area contributed by atoms with Crippen LogP contribution in [0, 0.1) is 0 Å². The lowest BCUT2D eigenvalue weighted by atomic mass is 9.95. The van der Waals surface area contributed by atoms with Crippen molar-refractivity contribution in [3.63, 3.8) is 0 Å². The third-order valence-electron chi connectivity index (χ3n) is 5.26. The van der Waals surface area contributed by atoms with Crippen LogP contribution >= 0.6 is 0 Å². The van der Waals surface area contributed by atoms with Gasteiger partial charge in [0, 0.05) is 36.1 Å². The Kier molecular flexibility index (Phi) is 3.75. The zero-order chi connectivity index (χ0) is 17.4. The number of ether oxygens (including phenoxy) is 1. The maximum absolute atomic E-state index is 12.6. The fourth-order valence-corrected chi connectivity index (χ4v) is 3.63. The van der Waals surface area contributed by atoms with Crippen LogP contribution in [0.15, 0.2) is 54.7 Å². The standard InChI is InChI=1S/C21H22N2O2/c1-23-13-17(15-7-3-5-9-18(15)23)21(11-12-21)14-22-20(24)16-8-4-6-10-19(16)25-2/h3-10,13H,11-12,14H2,1-2H3,(H,22,24). The highest BCUT2D eigenvalue weighted by Gasteiger charge is 2.46. The Balaban J connectivity index is 1.57. The van der Waals surface area contributed by atoms with Gasteiger partial charge in [-0.3, -0.25) is 4.79 Å². The van der Waals surface area contributed by atoms with Gasteiger partial charge >= 0.3 is 0 Å². The molecular formula is C21H22N2O2. The van der Waals surface area contributed by atoms with E-state index in [1.54, 1.807) is 13.2 Å². The van der Waals surface area contributed by atoms with Crippen LogP contribution in [0.3, 0.4) is 0 Å². The third kappa shape index (κ3) is 2.68. The number of carbonyl (C=O) groups is 1. The van der Waals surface area contributed by atoms with E-state index >= 15 is 0 Å². The van der Waals surface area contributed by atoms with Gasteiger partial charge in [0.1, 0.15) is 5.75 Å². The molecular weight excluding hydrogens is 312 g/mol. The number of rotatable bonds is 5. The first kappa shape index (κ1) is 15.8. The smallest absolute Gasteiger partial charge is 0.255 e. The SMILES string of the molecule is COc1ccccc1C(=O)NCC1(c2cn(C)c3ccccc23)CC1. The Hall–Kier alpha value is -2.75. The summed E-state index contributed by atoms with van der Waals surface area (Å²) < 4.78 is 7.47. The summed E-state index contributed by atoms with van der Waals surface area (Å²) in [5.74, 6) is 0.527. The molecule has 1 aromatic heterocycles. The average molecular weight is 334 g/mol. The summed E-state index contributed by atoms with van der Waals surface area (Å²) in [6.45, 7) is 0.651. The molecule has 4 heteroatoms. The second-order valence-corrected chi connectivity index (χ2v) is 6.83. The van der Waals surface area contributed by atoms with Crippen LogP contribution in [0.25, 0.3) is 10.9 Å². The van der Waals surface area contributed by atoms with Crippen LogP contribution in [0.4, 0.5) is 0 Å². The molecule has 25 heavy (non-hydrogen) atoms. The first-order valence-corrected chi connectivity index (χ1v) is 8.60. The highest BCUT2D eigenvalue weighted by molar-refractivity contribution is 5.97. The molecule has 1 N–H and O–H groups in total. The number of hydrogen-bond donors (Lipinski definition) is 1. The molecule has 0 unspecified atom stereocenters. The van der Waals surface area contributed by atoms with Crippen LogP contribution in [-0.2, 0) is 12.5 Å². The van der Waals surface area contributed by atoms with E-state index in [1.807, 2.05) is 18.2 Å². The zero-order valence-corrected chi connectivity index (χ0v) is 14.6. The van der Waals surface area contributed by atoms with Crippen molar-refractivity contribution in [2.75, 3.05) is 13.7 Å². The molecule has 0 aliphatic heterocycles. The number of aromatic nitrogens is 1. The van der Waals surface area contributed by atoms with Crippen LogP contribution < -0.4 is 10.1 Å². The molecule has 4 nitrogen and oxygen atoms in total. The van der Waals surface area contributed by atoms with Crippen molar-refractivity contribution in [2.45, 2.75) is 18.3 Å². The highest BCUT2D eigenvalue weighted by atomic mass is 16.5. The van der Waals surface area contributed by atoms with Gasteiger partial charge in [-0.25, -0.2) is 0 Å². The first-order valence-electron chi connectivity index (χ1n) is 8.60. The van der Waals surface area contributed by atoms with Gasteiger partial charge in [-0.15, -0.1) is 0 Å². The van der Waals surface area contributed by atoms with E-state index in [4.69, 9.17) is 4.74 Å². The molecule has 1 aliphatic rings. The molecule has 1 fully saturated rings. The predicted molar refractivity (Wildman–Crippen MR) is 99.2 cm³/mol. The second kappa shape index (κ2) is 5.96. The van der Waals surface area contributed by atoms with Crippen molar-refractivity contribution < 1.29 is 9.53 Å². The van der Waals surface area contributed by atoms with Crippen LogP contribution in [0.2, 0.25) is 0 Å².